The molecule has 0 fully saturated rings. The van der Waals surface area contributed by atoms with Gasteiger partial charge < -0.3 is 9.72 Å². The Morgan fingerprint density at radius 2 is 2.33 bits per heavy atom. The third-order valence-electron chi connectivity index (χ3n) is 2.79. The van der Waals surface area contributed by atoms with E-state index in [1.165, 1.54) is 7.11 Å². The van der Waals surface area contributed by atoms with Crippen LogP contribution >= 0.6 is 11.3 Å². The molecule has 4 nitrogen and oxygen atoms in total. The van der Waals surface area contributed by atoms with Crippen LogP contribution in [0, 0.1) is 0 Å². The number of H-pyrrole nitrogens is 1. The molecule has 90 valence electrons. The number of carbonyl (C=O) groups is 1. The molecule has 0 amide bonds. The highest BCUT2D eigenvalue weighted by atomic mass is 32.1. The third kappa shape index (κ3) is 1.69. The van der Waals surface area contributed by atoms with Crippen molar-refractivity contribution in [3.05, 3.63) is 40.8 Å². The van der Waals surface area contributed by atoms with Crippen molar-refractivity contribution in [2.75, 3.05) is 7.11 Å². The van der Waals surface area contributed by atoms with E-state index in [1.807, 2.05) is 22.9 Å². The second kappa shape index (κ2) is 4.27. The number of fused-ring (bicyclic) bond motifs is 1. The number of rotatable bonds is 2. The van der Waals surface area contributed by atoms with E-state index in [4.69, 9.17) is 4.74 Å². The molecule has 0 atom stereocenters. The largest absolute Gasteiger partial charge is 0.465 e. The molecule has 0 aliphatic rings. The van der Waals surface area contributed by atoms with Gasteiger partial charge in [-0.2, -0.15) is 11.3 Å². The van der Waals surface area contributed by atoms with Crippen molar-refractivity contribution in [3.63, 3.8) is 0 Å². The molecule has 0 unspecified atom stereocenters. The standard InChI is InChI=1S/C13H10N2O2S/c1-17-13(16)11-6-15-12-10(11)4-9(5-14-12)8-2-3-18-7-8/h2-7H,1H3,(H,14,15). The Kier molecular flexibility index (Phi) is 2.60. The molecular weight excluding hydrogens is 248 g/mol. The summed E-state index contributed by atoms with van der Waals surface area (Å²) in [7, 11) is 1.37. The molecule has 0 bridgehead atoms. The molecule has 3 rings (SSSR count). The van der Waals surface area contributed by atoms with Crippen molar-refractivity contribution < 1.29 is 9.53 Å². The molecule has 0 saturated heterocycles. The highest BCUT2D eigenvalue weighted by Gasteiger charge is 2.13. The molecule has 0 spiro atoms. The van der Waals surface area contributed by atoms with Crippen molar-refractivity contribution in [1.82, 2.24) is 9.97 Å². The van der Waals surface area contributed by atoms with Crippen molar-refractivity contribution in [3.8, 4) is 11.1 Å². The number of ether oxygens (including phenoxy) is 1. The van der Waals surface area contributed by atoms with E-state index < -0.39 is 0 Å². The van der Waals surface area contributed by atoms with E-state index in [0.717, 1.165) is 16.5 Å². The first kappa shape index (κ1) is 11.0. The average Bonchev–Trinajstić information content (AvgIpc) is 3.06. The number of nitrogens with zero attached hydrogens (tertiary/aromatic N) is 1. The van der Waals surface area contributed by atoms with Crippen LogP contribution in [0.3, 0.4) is 0 Å². The van der Waals surface area contributed by atoms with Gasteiger partial charge in [0.2, 0.25) is 0 Å². The van der Waals surface area contributed by atoms with Crippen LogP contribution in [0.1, 0.15) is 10.4 Å². The lowest BCUT2D eigenvalue weighted by Gasteiger charge is -1.99. The summed E-state index contributed by atoms with van der Waals surface area (Å²) >= 11 is 1.63. The lowest BCUT2D eigenvalue weighted by molar-refractivity contribution is 0.0603. The van der Waals surface area contributed by atoms with E-state index >= 15 is 0 Å². The molecular formula is C13H10N2O2S. The van der Waals surface area contributed by atoms with Gasteiger partial charge in [0.25, 0.3) is 0 Å². The van der Waals surface area contributed by atoms with Gasteiger partial charge in [-0.25, -0.2) is 9.78 Å². The number of aromatic nitrogens is 2. The molecule has 5 heteroatoms. The van der Waals surface area contributed by atoms with Gasteiger partial charge in [-0.15, -0.1) is 0 Å². The van der Waals surface area contributed by atoms with E-state index in [2.05, 4.69) is 9.97 Å². The van der Waals surface area contributed by atoms with Gasteiger partial charge in [0.15, 0.2) is 0 Å². The number of esters is 1. The maximum absolute atomic E-state index is 11.6. The molecule has 3 heterocycles. The normalized spacial score (nSPS) is 10.7. The van der Waals surface area contributed by atoms with Crippen LogP contribution in [0.4, 0.5) is 0 Å². The fraction of sp³-hybridized carbons (Fsp3) is 0.0769. The first-order valence-corrected chi connectivity index (χ1v) is 6.32. The molecule has 0 aromatic carbocycles. The van der Waals surface area contributed by atoms with E-state index in [-0.39, 0.29) is 5.97 Å². The summed E-state index contributed by atoms with van der Waals surface area (Å²) in [5, 5.41) is 4.84. The first-order valence-electron chi connectivity index (χ1n) is 5.37. The fourth-order valence-electron chi connectivity index (χ4n) is 1.87. The predicted molar refractivity (Wildman–Crippen MR) is 70.7 cm³/mol. The monoisotopic (exact) mass is 258 g/mol. The molecule has 3 aromatic rings. The molecule has 0 radical (unpaired) electrons. The number of thiophene rings is 1. The third-order valence-corrected chi connectivity index (χ3v) is 3.47. The summed E-state index contributed by atoms with van der Waals surface area (Å²) in [6, 6.07) is 3.98. The van der Waals surface area contributed by atoms with Gasteiger partial charge in [-0.05, 0) is 28.5 Å². The minimum absolute atomic E-state index is 0.356. The van der Waals surface area contributed by atoms with E-state index in [0.29, 0.717) is 11.2 Å². The number of hydrogen-bond donors (Lipinski definition) is 1. The second-order valence-electron chi connectivity index (χ2n) is 3.83. The molecule has 0 aliphatic carbocycles. The summed E-state index contributed by atoms with van der Waals surface area (Å²) < 4.78 is 4.75. The Bertz CT molecular complexity index is 701. The molecule has 18 heavy (non-hydrogen) atoms. The summed E-state index contributed by atoms with van der Waals surface area (Å²) in [5.41, 5.74) is 3.30. The van der Waals surface area contributed by atoms with Gasteiger partial charge in [0.05, 0.1) is 12.7 Å². The highest BCUT2D eigenvalue weighted by Crippen LogP contribution is 2.26. The SMILES string of the molecule is COC(=O)c1c[nH]c2ncc(-c3ccsc3)cc12. The van der Waals surface area contributed by atoms with Gasteiger partial charge in [-0.1, -0.05) is 0 Å². The van der Waals surface area contributed by atoms with Crippen LogP contribution in [-0.2, 0) is 4.74 Å². The predicted octanol–water partition coefficient (Wildman–Crippen LogP) is 3.08. The van der Waals surface area contributed by atoms with Crippen LogP contribution in [0.15, 0.2) is 35.3 Å². The number of methoxy groups -OCH3 is 1. The minimum atomic E-state index is -0.356. The van der Waals surface area contributed by atoms with Crippen LogP contribution in [0.2, 0.25) is 0 Å². The Morgan fingerprint density at radius 3 is 3.06 bits per heavy atom. The summed E-state index contributed by atoms with van der Waals surface area (Å²) in [6.07, 6.45) is 3.42. The van der Waals surface area contributed by atoms with Gasteiger partial charge >= 0.3 is 5.97 Å². The van der Waals surface area contributed by atoms with Crippen molar-refractivity contribution in [1.29, 1.82) is 0 Å². The van der Waals surface area contributed by atoms with Gasteiger partial charge in [0, 0.05) is 23.3 Å². The Morgan fingerprint density at radius 1 is 1.44 bits per heavy atom. The second-order valence-corrected chi connectivity index (χ2v) is 4.61. The van der Waals surface area contributed by atoms with Crippen molar-refractivity contribution in [2.24, 2.45) is 0 Å². The number of aromatic amines is 1. The Labute approximate surface area is 107 Å². The Balaban J connectivity index is 2.18. The van der Waals surface area contributed by atoms with Crippen LogP contribution in [0.25, 0.3) is 22.2 Å². The Hall–Kier alpha value is -2.14. The lowest BCUT2D eigenvalue weighted by Crippen LogP contribution is -1.99. The molecule has 1 N–H and O–H groups in total. The number of pyridine rings is 1. The van der Waals surface area contributed by atoms with Crippen molar-refractivity contribution >= 4 is 28.3 Å². The summed E-state index contributed by atoms with van der Waals surface area (Å²) in [6.45, 7) is 0. The van der Waals surface area contributed by atoms with Gasteiger partial charge in [-0.3, -0.25) is 0 Å². The maximum atomic E-state index is 11.6. The molecule has 0 aliphatic heterocycles. The van der Waals surface area contributed by atoms with E-state index in [9.17, 15) is 4.79 Å². The van der Waals surface area contributed by atoms with E-state index in [1.54, 1.807) is 23.7 Å². The van der Waals surface area contributed by atoms with Crippen molar-refractivity contribution in [2.45, 2.75) is 0 Å². The zero-order valence-electron chi connectivity index (χ0n) is 9.64. The number of nitrogens with one attached hydrogen (secondary N) is 1. The van der Waals surface area contributed by atoms with Crippen LogP contribution in [0.5, 0.6) is 0 Å². The average molecular weight is 258 g/mol. The summed E-state index contributed by atoms with van der Waals surface area (Å²) in [5.74, 6) is -0.356. The first-order chi connectivity index (χ1) is 8.79. The molecule has 3 aromatic heterocycles. The lowest BCUT2D eigenvalue weighted by atomic mass is 10.1. The van der Waals surface area contributed by atoms with Crippen LogP contribution in [-0.4, -0.2) is 23.0 Å². The zero-order chi connectivity index (χ0) is 12.5. The number of carbonyl (C=O) groups excluding carboxylic acids is 1. The van der Waals surface area contributed by atoms with Gasteiger partial charge in [0.1, 0.15) is 5.65 Å². The fourth-order valence-corrected chi connectivity index (χ4v) is 2.53. The zero-order valence-corrected chi connectivity index (χ0v) is 10.5. The molecule has 0 saturated carbocycles. The number of hydrogen-bond acceptors (Lipinski definition) is 4. The smallest absolute Gasteiger partial charge is 0.340 e. The quantitative estimate of drug-likeness (QED) is 0.719. The van der Waals surface area contributed by atoms with Crippen LogP contribution < -0.4 is 0 Å². The maximum Gasteiger partial charge on any atom is 0.340 e. The topological polar surface area (TPSA) is 55.0 Å². The minimum Gasteiger partial charge on any atom is -0.465 e. The highest BCUT2D eigenvalue weighted by molar-refractivity contribution is 7.08. The summed E-state index contributed by atoms with van der Waals surface area (Å²) in [4.78, 5) is 18.9.